The first-order valence-electron chi connectivity index (χ1n) is 18.5. The van der Waals surface area contributed by atoms with Crippen molar-refractivity contribution < 1.29 is 8.83 Å². The lowest BCUT2D eigenvalue weighted by atomic mass is 9.83. The van der Waals surface area contributed by atoms with E-state index in [1.54, 1.807) is 0 Å². The minimum Gasteiger partial charge on any atom is -0.456 e. The summed E-state index contributed by atoms with van der Waals surface area (Å²) in [6, 6.07) is 65.7. The summed E-state index contributed by atoms with van der Waals surface area (Å²) >= 11 is 0. The van der Waals surface area contributed by atoms with Gasteiger partial charge in [-0.25, -0.2) is 0 Å². The van der Waals surface area contributed by atoms with E-state index >= 15 is 0 Å². The van der Waals surface area contributed by atoms with E-state index in [9.17, 15) is 0 Å². The van der Waals surface area contributed by atoms with Gasteiger partial charge < -0.3 is 8.83 Å². The molecular formula is C53H34O2. The van der Waals surface area contributed by atoms with Gasteiger partial charge in [-0.05, 0) is 94.7 Å². The average Bonchev–Trinajstić information content (AvgIpc) is 3.78. The molecule has 0 bridgehead atoms. The third kappa shape index (κ3) is 4.49. The molecule has 0 aliphatic heterocycles. The molecular weight excluding hydrogens is 669 g/mol. The second kappa shape index (κ2) is 11.9. The van der Waals surface area contributed by atoms with Crippen LogP contribution in [-0.2, 0) is 0 Å². The second-order valence-electron chi connectivity index (χ2n) is 14.3. The fourth-order valence-electron chi connectivity index (χ4n) is 9.17. The Kier molecular flexibility index (Phi) is 6.80. The van der Waals surface area contributed by atoms with Crippen LogP contribution < -0.4 is 0 Å². The highest BCUT2D eigenvalue weighted by molar-refractivity contribution is 6.27. The van der Waals surface area contributed by atoms with Gasteiger partial charge in [0.15, 0.2) is 0 Å². The van der Waals surface area contributed by atoms with Gasteiger partial charge in [0.1, 0.15) is 22.3 Å². The first kappa shape index (κ1) is 31.4. The van der Waals surface area contributed by atoms with Crippen molar-refractivity contribution >= 4 is 87.0 Å². The van der Waals surface area contributed by atoms with Crippen molar-refractivity contribution in [2.75, 3.05) is 0 Å². The summed E-state index contributed by atoms with van der Waals surface area (Å²) in [5.74, 6) is 0. The normalized spacial score (nSPS) is 11.9. The topological polar surface area (TPSA) is 26.3 Å². The summed E-state index contributed by atoms with van der Waals surface area (Å²) in [6.45, 7) is 0. The molecule has 0 radical (unpaired) electrons. The van der Waals surface area contributed by atoms with Gasteiger partial charge in [0.05, 0.1) is 0 Å². The molecule has 0 saturated heterocycles. The van der Waals surface area contributed by atoms with E-state index in [1.807, 2.05) is 12.1 Å². The van der Waals surface area contributed by atoms with Crippen LogP contribution >= 0.6 is 0 Å². The molecule has 0 fully saturated rings. The van der Waals surface area contributed by atoms with Gasteiger partial charge in [-0.1, -0.05) is 165 Å². The number of hydrogen-bond donors (Lipinski definition) is 0. The fourth-order valence-corrected chi connectivity index (χ4v) is 9.17. The molecule has 2 nitrogen and oxygen atoms in total. The highest BCUT2D eigenvalue weighted by Gasteiger charge is 2.21. The van der Waals surface area contributed by atoms with Crippen LogP contribution in [0.1, 0.15) is 7.43 Å². The highest BCUT2D eigenvalue weighted by atomic mass is 16.3. The lowest BCUT2D eigenvalue weighted by Crippen LogP contribution is -1.92. The summed E-state index contributed by atoms with van der Waals surface area (Å²) in [7, 11) is 0. The van der Waals surface area contributed by atoms with E-state index in [0.717, 1.165) is 49.4 Å². The van der Waals surface area contributed by atoms with Gasteiger partial charge in [-0.3, -0.25) is 0 Å². The smallest absolute Gasteiger partial charge is 0.139 e. The minimum absolute atomic E-state index is 0. The molecule has 258 valence electrons. The average molecular weight is 703 g/mol. The predicted octanol–water partition coefficient (Wildman–Crippen LogP) is 15.7. The Bertz CT molecular complexity index is 3430. The molecule has 2 aromatic heterocycles. The molecule has 0 aliphatic carbocycles. The van der Waals surface area contributed by atoms with Gasteiger partial charge in [-0.2, -0.15) is 0 Å². The molecule has 0 aliphatic rings. The third-order valence-electron chi connectivity index (χ3n) is 11.5. The Morgan fingerprint density at radius 3 is 1.40 bits per heavy atom. The van der Waals surface area contributed by atoms with E-state index in [1.165, 1.54) is 70.9 Å². The number of para-hydroxylation sites is 1. The quantitative estimate of drug-likeness (QED) is 0.171. The molecule has 12 aromatic rings. The van der Waals surface area contributed by atoms with Gasteiger partial charge in [-0.15, -0.1) is 0 Å². The Labute approximate surface area is 317 Å². The van der Waals surface area contributed by atoms with Crippen LogP contribution in [0.15, 0.2) is 191 Å². The standard InChI is InChI=1S/C52H30O2.CH4/c1-2-14-31(15-3-1)50-38-21-8-10-23-40(38)51(41-24-11-9-22-39(41)50)42-27-26-35(32-16-4-5-17-33(32)42)43-29-49-52(37-20-7-6-18-34(37)43)45-28-44-36-19-12-13-25-46(36)53-47(44)30-48(45)54-49;/h1-30H;1H4. The van der Waals surface area contributed by atoms with E-state index < -0.39 is 0 Å². The molecule has 0 atom stereocenters. The van der Waals surface area contributed by atoms with Crippen LogP contribution in [0.4, 0.5) is 0 Å². The maximum atomic E-state index is 6.72. The molecule has 0 amide bonds. The Balaban J connectivity index is 0.00000352. The molecule has 10 aromatic carbocycles. The largest absolute Gasteiger partial charge is 0.456 e. The highest BCUT2D eigenvalue weighted by Crippen LogP contribution is 2.48. The molecule has 0 saturated carbocycles. The molecule has 2 heterocycles. The number of benzene rings is 10. The number of fused-ring (bicyclic) bond motifs is 11. The van der Waals surface area contributed by atoms with E-state index in [0.29, 0.717) is 0 Å². The Morgan fingerprint density at radius 1 is 0.255 bits per heavy atom. The molecule has 12 rings (SSSR count). The van der Waals surface area contributed by atoms with Crippen molar-refractivity contribution in [3.63, 3.8) is 0 Å². The van der Waals surface area contributed by atoms with Gasteiger partial charge in [0.2, 0.25) is 0 Å². The summed E-state index contributed by atoms with van der Waals surface area (Å²) in [6.07, 6.45) is 0. The SMILES string of the molecule is C.c1ccc(-c2c3ccccc3c(-c3ccc(-c4cc5oc6cc7oc8ccccc8c7cc6c5c5ccccc45)c4ccccc34)c3ccccc23)cc1. The first-order valence-corrected chi connectivity index (χ1v) is 18.5. The molecule has 2 heteroatoms. The van der Waals surface area contributed by atoms with Crippen LogP contribution in [0.2, 0.25) is 0 Å². The zero-order valence-electron chi connectivity index (χ0n) is 29.1. The van der Waals surface area contributed by atoms with Crippen LogP contribution in [0.5, 0.6) is 0 Å². The number of rotatable bonds is 3. The predicted molar refractivity (Wildman–Crippen MR) is 234 cm³/mol. The minimum atomic E-state index is 0. The summed E-state index contributed by atoms with van der Waals surface area (Å²) in [4.78, 5) is 0. The van der Waals surface area contributed by atoms with E-state index in [2.05, 4.69) is 170 Å². The van der Waals surface area contributed by atoms with E-state index in [-0.39, 0.29) is 7.43 Å². The van der Waals surface area contributed by atoms with Crippen molar-refractivity contribution in [3.05, 3.63) is 182 Å². The summed E-state index contributed by atoms with van der Waals surface area (Å²) in [5.41, 5.74) is 10.8. The fraction of sp³-hybridized carbons (Fsp3) is 0.0189. The van der Waals surface area contributed by atoms with Gasteiger partial charge >= 0.3 is 0 Å². The van der Waals surface area contributed by atoms with Crippen LogP contribution in [0, 0.1) is 0 Å². The zero-order valence-corrected chi connectivity index (χ0v) is 29.1. The Morgan fingerprint density at radius 2 is 0.727 bits per heavy atom. The van der Waals surface area contributed by atoms with Crippen LogP contribution in [-0.4, -0.2) is 0 Å². The van der Waals surface area contributed by atoms with Gasteiger partial charge in [0, 0.05) is 27.6 Å². The lowest BCUT2D eigenvalue weighted by Gasteiger charge is -2.20. The van der Waals surface area contributed by atoms with Crippen LogP contribution in [0.3, 0.4) is 0 Å². The van der Waals surface area contributed by atoms with Crippen molar-refractivity contribution in [1.82, 2.24) is 0 Å². The monoisotopic (exact) mass is 702 g/mol. The number of hydrogen-bond acceptors (Lipinski definition) is 2. The van der Waals surface area contributed by atoms with Crippen molar-refractivity contribution in [2.45, 2.75) is 7.43 Å². The maximum absolute atomic E-state index is 6.72. The van der Waals surface area contributed by atoms with Crippen molar-refractivity contribution in [2.24, 2.45) is 0 Å². The molecule has 0 unspecified atom stereocenters. The Hall–Kier alpha value is -7.16. The summed E-state index contributed by atoms with van der Waals surface area (Å²) in [5, 5.41) is 14.3. The van der Waals surface area contributed by atoms with Crippen molar-refractivity contribution in [1.29, 1.82) is 0 Å². The molecule has 0 N–H and O–H groups in total. The van der Waals surface area contributed by atoms with Crippen LogP contribution in [0.25, 0.3) is 120 Å². The maximum Gasteiger partial charge on any atom is 0.139 e. The number of furan rings is 2. The third-order valence-corrected chi connectivity index (χ3v) is 11.5. The second-order valence-corrected chi connectivity index (χ2v) is 14.3. The molecule has 0 spiro atoms. The molecule has 55 heavy (non-hydrogen) atoms. The van der Waals surface area contributed by atoms with Crippen molar-refractivity contribution in [3.8, 4) is 33.4 Å². The zero-order chi connectivity index (χ0) is 35.3. The van der Waals surface area contributed by atoms with E-state index in [4.69, 9.17) is 8.83 Å². The first-order chi connectivity index (χ1) is 26.8. The van der Waals surface area contributed by atoms with Gasteiger partial charge in [0.25, 0.3) is 0 Å². The lowest BCUT2D eigenvalue weighted by molar-refractivity contribution is 0.656. The summed E-state index contributed by atoms with van der Waals surface area (Å²) < 4.78 is 13.0.